The van der Waals surface area contributed by atoms with E-state index in [-0.39, 0.29) is 30.3 Å². The van der Waals surface area contributed by atoms with Crippen LogP contribution >= 0.6 is 11.3 Å². The Morgan fingerprint density at radius 3 is 2.64 bits per heavy atom. The van der Waals surface area contributed by atoms with E-state index in [0.29, 0.717) is 11.4 Å². The smallest absolute Gasteiger partial charge is 0.286 e. The van der Waals surface area contributed by atoms with E-state index >= 15 is 0 Å². The Labute approximate surface area is 192 Å². The molecule has 172 valence electrons. The van der Waals surface area contributed by atoms with Gasteiger partial charge in [0.25, 0.3) is 17.5 Å². The van der Waals surface area contributed by atoms with E-state index in [1.165, 1.54) is 24.5 Å². The molecule has 0 saturated heterocycles. The van der Waals surface area contributed by atoms with Crippen molar-refractivity contribution in [3.05, 3.63) is 74.2 Å². The first-order valence-corrected chi connectivity index (χ1v) is 10.5. The van der Waals surface area contributed by atoms with E-state index in [1.54, 1.807) is 29.1 Å². The summed E-state index contributed by atoms with van der Waals surface area (Å²) in [5.74, 6) is -0.887. The number of nitrogens with one attached hydrogen (secondary N) is 2. The van der Waals surface area contributed by atoms with Crippen LogP contribution in [0.2, 0.25) is 0 Å². The number of aryl methyl sites for hydroxylation is 1. The molecule has 0 bridgehead atoms. The summed E-state index contributed by atoms with van der Waals surface area (Å²) in [6, 6.07) is 9.35. The van der Waals surface area contributed by atoms with Crippen LogP contribution in [0.3, 0.4) is 0 Å². The van der Waals surface area contributed by atoms with Gasteiger partial charge in [-0.2, -0.15) is 0 Å². The van der Waals surface area contributed by atoms with Crippen molar-refractivity contribution in [2.45, 2.75) is 13.5 Å². The predicted octanol–water partition coefficient (Wildman–Crippen LogP) is 2.79. The minimum atomic E-state index is -0.907. The van der Waals surface area contributed by atoms with Crippen molar-refractivity contribution in [1.29, 1.82) is 0 Å². The van der Waals surface area contributed by atoms with Crippen LogP contribution < -0.4 is 25.1 Å². The number of rotatable bonds is 9. The summed E-state index contributed by atoms with van der Waals surface area (Å²) in [4.78, 5) is 39.4. The fraction of sp³-hybridized carbons (Fsp3) is 0.190. The van der Waals surface area contributed by atoms with Gasteiger partial charge in [-0.15, -0.1) is 11.3 Å². The summed E-state index contributed by atoms with van der Waals surface area (Å²) in [5, 5.41) is 13.3. The number of ether oxygens (including phenoxy) is 3. The Morgan fingerprint density at radius 1 is 1.15 bits per heavy atom. The van der Waals surface area contributed by atoms with Crippen LogP contribution in [0.15, 0.2) is 47.3 Å². The number of nitrogens with zero attached hydrogens (tertiary/aromatic N) is 2. The zero-order chi connectivity index (χ0) is 23.8. The lowest BCUT2D eigenvalue weighted by atomic mass is 10.1. The summed E-state index contributed by atoms with van der Waals surface area (Å²) >= 11 is 1.38. The lowest BCUT2D eigenvalue weighted by Gasteiger charge is -2.13. The van der Waals surface area contributed by atoms with E-state index in [2.05, 4.69) is 15.8 Å². The summed E-state index contributed by atoms with van der Waals surface area (Å²) < 4.78 is 16.1. The predicted molar refractivity (Wildman–Crippen MR) is 118 cm³/mol. The number of hydrogen-bond acceptors (Lipinski definition) is 9. The highest BCUT2D eigenvalue weighted by Gasteiger charge is 2.25. The summed E-state index contributed by atoms with van der Waals surface area (Å²) in [5.41, 5.74) is 6.69. The fourth-order valence-electron chi connectivity index (χ4n) is 2.70. The molecule has 0 aliphatic carbocycles. The molecule has 0 unspecified atom stereocenters. The molecule has 0 radical (unpaired) electrons. The molecule has 2 N–H and O–H groups in total. The molecule has 12 heteroatoms. The van der Waals surface area contributed by atoms with Gasteiger partial charge in [0.1, 0.15) is 17.9 Å². The number of nitro benzene ring substituents is 1. The maximum atomic E-state index is 12.5. The molecule has 1 heterocycles. The third-order valence-corrected chi connectivity index (χ3v) is 4.89. The molecule has 1 aromatic heterocycles. The van der Waals surface area contributed by atoms with Gasteiger partial charge in [-0.3, -0.25) is 30.6 Å². The van der Waals surface area contributed by atoms with Gasteiger partial charge in [0, 0.05) is 11.4 Å². The van der Waals surface area contributed by atoms with E-state index in [0.717, 1.165) is 11.6 Å². The Morgan fingerprint density at radius 2 is 1.97 bits per heavy atom. The first-order valence-electron chi connectivity index (χ1n) is 9.52. The Balaban J connectivity index is 1.66. The average Bonchev–Trinajstić information content (AvgIpc) is 3.33. The van der Waals surface area contributed by atoms with Crippen LogP contribution in [0.1, 0.15) is 21.6 Å². The molecule has 0 aliphatic rings. The van der Waals surface area contributed by atoms with Gasteiger partial charge in [0.2, 0.25) is 0 Å². The minimum absolute atomic E-state index is 0.0690. The second kappa shape index (κ2) is 10.9. The van der Waals surface area contributed by atoms with Gasteiger partial charge in [-0.25, -0.2) is 4.98 Å². The van der Waals surface area contributed by atoms with E-state index in [1.807, 2.05) is 13.0 Å². The highest BCUT2D eigenvalue weighted by Crippen LogP contribution is 2.35. The number of aromatic nitrogens is 1. The quantitative estimate of drug-likeness (QED) is 0.358. The van der Waals surface area contributed by atoms with Gasteiger partial charge >= 0.3 is 0 Å². The van der Waals surface area contributed by atoms with Crippen molar-refractivity contribution < 1.29 is 28.7 Å². The normalized spacial score (nSPS) is 10.2. The van der Waals surface area contributed by atoms with Crippen molar-refractivity contribution in [2.75, 3.05) is 13.7 Å². The molecule has 0 spiro atoms. The van der Waals surface area contributed by atoms with Crippen molar-refractivity contribution in [3.8, 4) is 17.2 Å². The number of benzene rings is 2. The largest absolute Gasteiger partial charge is 0.493 e. The molecular formula is C21H20N4O7S. The maximum Gasteiger partial charge on any atom is 0.286 e. The summed E-state index contributed by atoms with van der Waals surface area (Å²) in [6.45, 7) is 1.59. The Hall–Kier alpha value is -4.19. The third kappa shape index (κ3) is 6.40. The first kappa shape index (κ1) is 23.5. The molecule has 3 aromatic rings. The van der Waals surface area contributed by atoms with Crippen LogP contribution in [-0.2, 0) is 11.4 Å². The molecule has 3 rings (SSSR count). The van der Waals surface area contributed by atoms with Gasteiger partial charge in [0.05, 0.1) is 29.3 Å². The van der Waals surface area contributed by atoms with E-state index in [4.69, 9.17) is 14.2 Å². The van der Waals surface area contributed by atoms with Gasteiger partial charge in [-0.1, -0.05) is 12.1 Å². The minimum Gasteiger partial charge on any atom is -0.493 e. The first-order chi connectivity index (χ1) is 15.9. The number of methoxy groups -OCH3 is 1. The Kier molecular flexibility index (Phi) is 7.76. The van der Waals surface area contributed by atoms with Crippen LogP contribution in [0.25, 0.3) is 0 Å². The van der Waals surface area contributed by atoms with Crippen molar-refractivity contribution >= 4 is 28.8 Å². The van der Waals surface area contributed by atoms with Gasteiger partial charge in [0.15, 0.2) is 18.1 Å². The average molecular weight is 472 g/mol. The Bertz CT molecular complexity index is 1150. The molecule has 11 nitrogen and oxygen atoms in total. The molecule has 0 atom stereocenters. The monoisotopic (exact) mass is 472 g/mol. The van der Waals surface area contributed by atoms with Crippen molar-refractivity contribution in [1.82, 2.24) is 15.8 Å². The number of amides is 2. The third-order valence-electron chi connectivity index (χ3n) is 4.26. The lowest BCUT2D eigenvalue weighted by molar-refractivity contribution is -0.385. The summed E-state index contributed by atoms with van der Waals surface area (Å²) in [6.07, 6.45) is 0. The van der Waals surface area contributed by atoms with E-state index in [9.17, 15) is 19.7 Å². The van der Waals surface area contributed by atoms with Crippen LogP contribution in [0.4, 0.5) is 5.69 Å². The zero-order valence-corrected chi connectivity index (χ0v) is 18.5. The highest BCUT2D eigenvalue weighted by molar-refractivity contribution is 7.07. The van der Waals surface area contributed by atoms with Crippen LogP contribution in [0.5, 0.6) is 17.2 Å². The molecule has 0 aliphatic heterocycles. The second-order valence-electron chi connectivity index (χ2n) is 6.65. The molecule has 0 saturated carbocycles. The number of hydrazine groups is 1. The molecule has 2 amide bonds. The SMILES string of the molecule is COc1cc(C(=O)NNC(=O)COc2cccc(C)c2)c([N+](=O)[O-])cc1OCc1cscn1. The van der Waals surface area contributed by atoms with Gasteiger partial charge < -0.3 is 14.2 Å². The standard InChI is InChI=1S/C21H20N4O7S/c1-13-4-3-5-15(6-13)31-10-20(26)23-24-21(27)16-7-18(30-2)19(8-17(16)25(28)29)32-9-14-11-33-12-22-14/h3-8,11-12H,9-10H2,1-2H3,(H,23,26)(H,24,27). The van der Waals surface area contributed by atoms with Crippen LogP contribution in [0, 0.1) is 17.0 Å². The van der Waals surface area contributed by atoms with Crippen LogP contribution in [-0.4, -0.2) is 35.4 Å². The summed E-state index contributed by atoms with van der Waals surface area (Å²) in [7, 11) is 1.34. The fourth-order valence-corrected chi connectivity index (χ4v) is 3.24. The second-order valence-corrected chi connectivity index (χ2v) is 7.37. The maximum absolute atomic E-state index is 12.5. The zero-order valence-electron chi connectivity index (χ0n) is 17.7. The highest BCUT2D eigenvalue weighted by atomic mass is 32.1. The number of carbonyl (C=O) groups excluding carboxylic acids is 2. The topological polar surface area (TPSA) is 142 Å². The van der Waals surface area contributed by atoms with E-state index < -0.39 is 22.4 Å². The molecule has 33 heavy (non-hydrogen) atoms. The number of carbonyl (C=O) groups is 2. The molecular weight excluding hydrogens is 452 g/mol. The number of hydrogen-bond donors (Lipinski definition) is 2. The lowest BCUT2D eigenvalue weighted by Crippen LogP contribution is -2.44. The van der Waals surface area contributed by atoms with Gasteiger partial charge in [-0.05, 0) is 24.6 Å². The number of nitro groups is 1. The molecule has 2 aromatic carbocycles. The molecule has 0 fully saturated rings. The van der Waals surface area contributed by atoms with Crippen molar-refractivity contribution in [2.24, 2.45) is 0 Å². The number of thiazole rings is 1. The van der Waals surface area contributed by atoms with Crippen molar-refractivity contribution in [3.63, 3.8) is 0 Å².